The van der Waals surface area contributed by atoms with Crippen molar-refractivity contribution in [3.05, 3.63) is 62.5 Å². The summed E-state index contributed by atoms with van der Waals surface area (Å²) in [4.78, 5) is 25.9. The number of carbonyl (C=O) groups is 2. The molecule has 1 spiro atoms. The number of ether oxygens (including phenoxy) is 1. The van der Waals surface area contributed by atoms with E-state index in [2.05, 4.69) is 31.9 Å². The van der Waals surface area contributed by atoms with Gasteiger partial charge in [-0.2, -0.15) is 0 Å². The summed E-state index contributed by atoms with van der Waals surface area (Å²) in [6.45, 7) is 0. The molecule has 1 aliphatic heterocycles. The van der Waals surface area contributed by atoms with Crippen molar-refractivity contribution < 1.29 is 14.3 Å². The van der Waals surface area contributed by atoms with E-state index in [1.807, 2.05) is 42.5 Å². The van der Waals surface area contributed by atoms with Crippen molar-refractivity contribution in [2.24, 2.45) is 5.41 Å². The highest BCUT2D eigenvalue weighted by Gasteiger charge is 2.53. The molecule has 0 bridgehead atoms. The second-order valence-electron chi connectivity index (χ2n) is 7.12. The number of hydrogen-bond acceptors (Lipinski definition) is 3. The van der Waals surface area contributed by atoms with Crippen molar-refractivity contribution in [1.82, 2.24) is 0 Å². The summed E-state index contributed by atoms with van der Waals surface area (Å²) >= 11 is 6.92. The molecule has 0 radical (unpaired) electrons. The Morgan fingerprint density at radius 2 is 1.69 bits per heavy atom. The molecule has 4 rings (SSSR count). The van der Waals surface area contributed by atoms with Crippen molar-refractivity contribution in [3.8, 4) is 5.75 Å². The Balaban J connectivity index is 1.75. The average Bonchev–Trinajstić information content (AvgIpc) is 3.11. The number of ketones is 1. The van der Waals surface area contributed by atoms with Gasteiger partial charge in [0.1, 0.15) is 5.75 Å². The zero-order valence-corrected chi connectivity index (χ0v) is 17.3. The highest BCUT2D eigenvalue weighted by atomic mass is 79.9. The molecule has 134 valence electrons. The van der Waals surface area contributed by atoms with Gasteiger partial charge in [-0.05, 0) is 43.2 Å². The maximum Gasteiger partial charge on any atom is 0.318 e. The Labute approximate surface area is 169 Å². The normalized spacial score (nSPS) is 20.7. The van der Waals surface area contributed by atoms with Crippen LogP contribution in [0.2, 0.25) is 0 Å². The van der Waals surface area contributed by atoms with Gasteiger partial charge in [0.05, 0.1) is 5.41 Å². The number of hydrogen-bond donors (Lipinski definition) is 0. The molecule has 1 aliphatic carbocycles. The molecule has 3 nitrogen and oxygen atoms in total. The topological polar surface area (TPSA) is 43.4 Å². The molecule has 0 amide bonds. The number of esters is 1. The lowest BCUT2D eigenvalue weighted by atomic mass is 9.67. The monoisotopic (exact) mass is 476 g/mol. The summed E-state index contributed by atoms with van der Waals surface area (Å²) in [5.41, 5.74) is 1.07. The zero-order chi connectivity index (χ0) is 18.3. The van der Waals surface area contributed by atoms with Gasteiger partial charge in [-0.25, -0.2) is 0 Å². The van der Waals surface area contributed by atoms with Gasteiger partial charge in [-0.1, -0.05) is 56.8 Å². The SMILES string of the molecule is O=C(CC1c2cc(Br)ccc2OC(=O)C12CCCC2)c1ccc(Br)cc1. The summed E-state index contributed by atoms with van der Waals surface area (Å²) < 4.78 is 7.56. The third-order valence-corrected chi connectivity index (χ3v) is 6.70. The van der Waals surface area contributed by atoms with Gasteiger partial charge in [0, 0.05) is 32.4 Å². The van der Waals surface area contributed by atoms with E-state index in [1.165, 1.54) is 0 Å². The molecule has 1 fully saturated rings. The number of rotatable bonds is 3. The molecule has 1 saturated carbocycles. The highest BCUT2D eigenvalue weighted by molar-refractivity contribution is 9.10. The predicted molar refractivity (Wildman–Crippen MR) is 107 cm³/mol. The zero-order valence-electron chi connectivity index (χ0n) is 14.1. The van der Waals surface area contributed by atoms with Gasteiger partial charge >= 0.3 is 5.97 Å². The number of benzene rings is 2. The Bertz CT molecular complexity index is 867. The van der Waals surface area contributed by atoms with E-state index in [0.29, 0.717) is 17.7 Å². The van der Waals surface area contributed by atoms with E-state index >= 15 is 0 Å². The second-order valence-corrected chi connectivity index (χ2v) is 8.95. The molecule has 26 heavy (non-hydrogen) atoms. The van der Waals surface area contributed by atoms with Gasteiger partial charge in [0.2, 0.25) is 0 Å². The lowest BCUT2D eigenvalue weighted by Crippen LogP contribution is -2.42. The van der Waals surface area contributed by atoms with Gasteiger partial charge in [0.15, 0.2) is 5.78 Å². The average molecular weight is 478 g/mol. The minimum Gasteiger partial charge on any atom is -0.426 e. The van der Waals surface area contributed by atoms with Crippen LogP contribution in [0.4, 0.5) is 0 Å². The van der Waals surface area contributed by atoms with Crippen LogP contribution in [0.1, 0.15) is 53.9 Å². The minimum atomic E-state index is -0.571. The standard InChI is InChI=1S/C21H18Br2O3/c22-14-5-3-13(4-6-14)18(24)12-17-16-11-15(23)7-8-19(16)26-20(25)21(17)9-1-2-10-21/h3-8,11,17H,1-2,9-10,12H2. The first-order chi connectivity index (χ1) is 12.5. The van der Waals surface area contributed by atoms with Crippen LogP contribution in [-0.4, -0.2) is 11.8 Å². The van der Waals surface area contributed by atoms with Crippen LogP contribution in [0.3, 0.4) is 0 Å². The number of carbonyl (C=O) groups excluding carboxylic acids is 2. The van der Waals surface area contributed by atoms with Crippen LogP contribution in [-0.2, 0) is 4.79 Å². The number of fused-ring (bicyclic) bond motifs is 1. The van der Waals surface area contributed by atoms with Gasteiger partial charge in [0.25, 0.3) is 0 Å². The van der Waals surface area contributed by atoms with Crippen LogP contribution in [0.15, 0.2) is 51.4 Å². The first-order valence-corrected chi connectivity index (χ1v) is 10.4. The van der Waals surface area contributed by atoms with Crippen molar-refractivity contribution >= 4 is 43.6 Å². The Hall–Kier alpha value is -1.46. The molecule has 5 heteroatoms. The fraction of sp³-hybridized carbons (Fsp3) is 0.333. The van der Waals surface area contributed by atoms with E-state index in [1.54, 1.807) is 0 Å². The Morgan fingerprint density at radius 3 is 2.38 bits per heavy atom. The quantitative estimate of drug-likeness (QED) is 0.307. The van der Waals surface area contributed by atoms with Crippen molar-refractivity contribution in [2.45, 2.75) is 38.0 Å². The number of Topliss-reactive ketones (excluding diaryl/α,β-unsaturated/α-hetero) is 1. The summed E-state index contributed by atoms with van der Waals surface area (Å²) in [6.07, 6.45) is 3.90. The third-order valence-electron chi connectivity index (χ3n) is 5.67. The fourth-order valence-corrected chi connectivity index (χ4v) is 4.97. The van der Waals surface area contributed by atoms with E-state index in [-0.39, 0.29) is 17.7 Å². The first kappa shape index (κ1) is 17.9. The first-order valence-electron chi connectivity index (χ1n) is 8.80. The molecular formula is C21H18Br2O3. The predicted octanol–water partition coefficient (Wildman–Crippen LogP) is 6.05. The molecule has 2 aromatic rings. The smallest absolute Gasteiger partial charge is 0.318 e. The van der Waals surface area contributed by atoms with Crippen LogP contribution in [0.25, 0.3) is 0 Å². The summed E-state index contributed by atoms with van der Waals surface area (Å²) in [5, 5.41) is 0. The van der Waals surface area contributed by atoms with Gasteiger partial charge in [-0.15, -0.1) is 0 Å². The third kappa shape index (κ3) is 3.05. The van der Waals surface area contributed by atoms with E-state index in [0.717, 1.165) is 40.2 Å². The molecular weight excluding hydrogens is 460 g/mol. The van der Waals surface area contributed by atoms with Gasteiger partial charge in [-0.3, -0.25) is 9.59 Å². The summed E-state index contributed by atoms with van der Waals surface area (Å²) in [5.74, 6) is 0.340. The molecule has 1 heterocycles. The van der Waals surface area contributed by atoms with Crippen LogP contribution >= 0.6 is 31.9 Å². The van der Waals surface area contributed by atoms with Crippen LogP contribution < -0.4 is 4.74 Å². The summed E-state index contributed by atoms with van der Waals surface area (Å²) in [7, 11) is 0. The fourth-order valence-electron chi connectivity index (χ4n) is 4.33. The van der Waals surface area contributed by atoms with E-state index in [4.69, 9.17) is 4.74 Å². The van der Waals surface area contributed by atoms with Gasteiger partial charge < -0.3 is 4.74 Å². The van der Waals surface area contributed by atoms with E-state index < -0.39 is 5.41 Å². The minimum absolute atomic E-state index is 0.0643. The van der Waals surface area contributed by atoms with Crippen molar-refractivity contribution in [1.29, 1.82) is 0 Å². The lowest BCUT2D eigenvalue weighted by Gasteiger charge is -2.40. The molecule has 1 unspecified atom stereocenters. The Morgan fingerprint density at radius 1 is 1.04 bits per heavy atom. The van der Waals surface area contributed by atoms with E-state index in [9.17, 15) is 9.59 Å². The largest absolute Gasteiger partial charge is 0.426 e. The molecule has 0 saturated heterocycles. The second kappa shape index (κ2) is 6.93. The Kier molecular flexibility index (Phi) is 4.78. The molecule has 2 aliphatic rings. The maximum atomic E-state index is 13.0. The lowest BCUT2D eigenvalue weighted by molar-refractivity contribution is -0.149. The maximum absolute atomic E-state index is 13.0. The van der Waals surface area contributed by atoms with Crippen LogP contribution in [0.5, 0.6) is 5.75 Å². The molecule has 2 aromatic carbocycles. The highest BCUT2D eigenvalue weighted by Crippen LogP contribution is 2.56. The molecule has 1 atom stereocenters. The van der Waals surface area contributed by atoms with Crippen LogP contribution in [0, 0.1) is 5.41 Å². The molecule has 0 N–H and O–H groups in total. The molecule has 0 aromatic heterocycles. The van der Waals surface area contributed by atoms with Crippen molar-refractivity contribution in [2.75, 3.05) is 0 Å². The summed E-state index contributed by atoms with van der Waals surface area (Å²) in [6, 6.07) is 13.1. The number of halogens is 2. The van der Waals surface area contributed by atoms with Crippen molar-refractivity contribution in [3.63, 3.8) is 0 Å².